The Kier molecular flexibility index (Phi) is 7.36. The van der Waals surface area contributed by atoms with Crippen molar-refractivity contribution in [3.05, 3.63) is 45.3 Å². The van der Waals surface area contributed by atoms with Crippen molar-refractivity contribution >= 4 is 11.6 Å². The van der Waals surface area contributed by atoms with E-state index in [1.807, 2.05) is 6.07 Å². The van der Waals surface area contributed by atoms with E-state index in [1.54, 1.807) is 26.2 Å². The lowest BCUT2D eigenvalue weighted by Crippen LogP contribution is -2.27. The van der Waals surface area contributed by atoms with Crippen LogP contribution in [0.1, 0.15) is 60.9 Å². The van der Waals surface area contributed by atoms with Gasteiger partial charge < -0.3 is 14.8 Å². The summed E-state index contributed by atoms with van der Waals surface area (Å²) in [7, 11) is 1.55. The van der Waals surface area contributed by atoms with Crippen LogP contribution in [0.25, 0.3) is 0 Å². The fourth-order valence-corrected chi connectivity index (χ4v) is 2.76. The van der Waals surface area contributed by atoms with Gasteiger partial charge in [-0.1, -0.05) is 25.8 Å². The molecule has 1 amide bonds. The Morgan fingerprint density at radius 3 is 2.75 bits per heavy atom. The summed E-state index contributed by atoms with van der Waals surface area (Å²) < 4.78 is 11.2. The molecule has 9 nitrogen and oxygen atoms in total. The first-order valence-corrected chi connectivity index (χ1v) is 9.20. The van der Waals surface area contributed by atoms with Crippen LogP contribution in [0.3, 0.4) is 0 Å². The number of rotatable bonds is 10. The predicted octanol–water partition coefficient (Wildman–Crippen LogP) is 3.69. The molecule has 1 atom stereocenters. The van der Waals surface area contributed by atoms with Gasteiger partial charge in [0.1, 0.15) is 5.69 Å². The molecule has 2 N–H and O–H groups in total. The molecule has 1 heterocycles. The first-order chi connectivity index (χ1) is 13.4. The summed E-state index contributed by atoms with van der Waals surface area (Å²) in [4.78, 5) is 23.0. The van der Waals surface area contributed by atoms with Gasteiger partial charge in [-0.15, -0.1) is 0 Å². The lowest BCUT2D eigenvalue weighted by Gasteiger charge is -2.16. The summed E-state index contributed by atoms with van der Waals surface area (Å²) in [5.74, 6) is 0.582. The topological polar surface area (TPSA) is 119 Å². The van der Waals surface area contributed by atoms with Crippen LogP contribution < -0.4 is 14.8 Å². The highest BCUT2D eigenvalue weighted by molar-refractivity contribution is 5.96. The molecule has 28 heavy (non-hydrogen) atoms. The Bertz CT molecular complexity index is 834. The SMILES string of the molecule is CCCCCOc1ccc(C(C)NC(=O)c2n[nH]c(C)c2[N+](=O)[O-])cc1OC. The Balaban J connectivity index is 2.10. The van der Waals surface area contributed by atoms with E-state index in [1.165, 1.54) is 6.92 Å². The first kappa shape index (κ1) is 21.2. The van der Waals surface area contributed by atoms with Gasteiger partial charge in [-0.05, 0) is 38.0 Å². The van der Waals surface area contributed by atoms with Gasteiger partial charge >= 0.3 is 5.69 Å². The van der Waals surface area contributed by atoms with Crippen molar-refractivity contribution in [3.8, 4) is 11.5 Å². The molecule has 0 fully saturated rings. The number of hydrogen-bond acceptors (Lipinski definition) is 6. The van der Waals surface area contributed by atoms with Gasteiger partial charge in [0.2, 0.25) is 5.69 Å². The number of nitrogens with one attached hydrogen (secondary N) is 2. The minimum absolute atomic E-state index is 0.231. The molecule has 2 rings (SSSR count). The monoisotopic (exact) mass is 390 g/mol. The average molecular weight is 390 g/mol. The summed E-state index contributed by atoms with van der Waals surface area (Å²) in [6.45, 7) is 6.01. The van der Waals surface area contributed by atoms with Crippen LogP contribution in [-0.2, 0) is 0 Å². The molecule has 2 aromatic rings. The Morgan fingerprint density at radius 1 is 1.36 bits per heavy atom. The van der Waals surface area contributed by atoms with Crippen LogP contribution in [0.2, 0.25) is 0 Å². The Labute approximate surface area is 163 Å². The molecule has 0 aliphatic carbocycles. The van der Waals surface area contributed by atoms with Crippen molar-refractivity contribution in [2.75, 3.05) is 13.7 Å². The minimum Gasteiger partial charge on any atom is -0.493 e. The summed E-state index contributed by atoms with van der Waals surface area (Å²) in [6, 6.07) is 4.99. The minimum atomic E-state index is -0.623. The molecule has 0 saturated heterocycles. The molecule has 1 aromatic heterocycles. The van der Waals surface area contributed by atoms with Crippen molar-refractivity contribution in [3.63, 3.8) is 0 Å². The van der Waals surface area contributed by atoms with Gasteiger partial charge in [-0.3, -0.25) is 20.0 Å². The van der Waals surface area contributed by atoms with E-state index in [4.69, 9.17) is 9.47 Å². The zero-order chi connectivity index (χ0) is 20.7. The van der Waals surface area contributed by atoms with Gasteiger partial charge in [-0.25, -0.2) is 0 Å². The molecule has 0 spiro atoms. The number of benzene rings is 1. The van der Waals surface area contributed by atoms with E-state index >= 15 is 0 Å². The summed E-state index contributed by atoms with van der Waals surface area (Å²) in [5.41, 5.74) is 0.449. The smallest absolute Gasteiger partial charge is 0.322 e. The highest BCUT2D eigenvalue weighted by Crippen LogP contribution is 2.31. The fraction of sp³-hybridized carbons (Fsp3) is 0.474. The molecule has 1 aromatic carbocycles. The number of ether oxygens (including phenoxy) is 2. The van der Waals surface area contributed by atoms with E-state index in [9.17, 15) is 14.9 Å². The Morgan fingerprint density at radius 2 is 2.11 bits per heavy atom. The largest absolute Gasteiger partial charge is 0.493 e. The lowest BCUT2D eigenvalue weighted by atomic mass is 10.1. The van der Waals surface area contributed by atoms with E-state index in [0.717, 1.165) is 24.8 Å². The fourth-order valence-electron chi connectivity index (χ4n) is 2.76. The third kappa shape index (κ3) is 4.99. The number of aromatic nitrogens is 2. The third-order valence-electron chi connectivity index (χ3n) is 4.35. The standard InChI is InChI=1S/C19H26N4O5/c1-5-6-7-10-28-15-9-8-14(11-16(15)27-4)12(2)20-19(24)17-18(23(25)26)13(3)21-22-17/h8-9,11-12H,5-7,10H2,1-4H3,(H,20,24)(H,21,22). The van der Waals surface area contributed by atoms with Gasteiger partial charge in [0.25, 0.3) is 5.91 Å². The second kappa shape index (κ2) is 9.72. The average Bonchev–Trinajstić information content (AvgIpc) is 3.07. The van der Waals surface area contributed by atoms with E-state index < -0.39 is 16.9 Å². The summed E-state index contributed by atoms with van der Waals surface area (Å²) in [5, 5.41) is 20.1. The lowest BCUT2D eigenvalue weighted by molar-refractivity contribution is -0.385. The Hall–Kier alpha value is -3.10. The van der Waals surface area contributed by atoms with Crippen molar-refractivity contribution in [1.29, 1.82) is 0 Å². The number of aryl methyl sites for hydroxylation is 1. The maximum absolute atomic E-state index is 12.4. The van der Waals surface area contributed by atoms with Gasteiger partial charge in [0.05, 0.1) is 24.7 Å². The second-order valence-corrected chi connectivity index (χ2v) is 6.46. The molecule has 9 heteroatoms. The number of aromatic amines is 1. The molecule has 0 bridgehead atoms. The molecular formula is C19H26N4O5. The highest BCUT2D eigenvalue weighted by atomic mass is 16.6. The zero-order valence-electron chi connectivity index (χ0n) is 16.6. The molecular weight excluding hydrogens is 364 g/mol. The van der Waals surface area contributed by atoms with Gasteiger partial charge in [-0.2, -0.15) is 5.10 Å². The number of nitro groups is 1. The van der Waals surface area contributed by atoms with Crippen LogP contribution in [-0.4, -0.2) is 34.7 Å². The zero-order valence-corrected chi connectivity index (χ0v) is 16.6. The first-order valence-electron chi connectivity index (χ1n) is 9.20. The van der Waals surface area contributed by atoms with Crippen molar-refractivity contribution in [2.24, 2.45) is 0 Å². The molecule has 0 saturated carbocycles. The molecule has 0 aliphatic rings. The third-order valence-corrected chi connectivity index (χ3v) is 4.35. The van der Waals surface area contributed by atoms with Crippen LogP contribution >= 0.6 is 0 Å². The molecule has 0 radical (unpaired) electrons. The van der Waals surface area contributed by atoms with Crippen molar-refractivity contribution < 1.29 is 19.2 Å². The second-order valence-electron chi connectivity index (χ2n) is 6.46. The number of carbonyl (C=O) groups is 1. The maximum atomic E-state index is 12.4. The van der Waals surface area contributed by atoms with E-state index in [2.05, 4.69) is 22.4 Å². The van der Waals surface area contributed by atoms with Gasteiger partial charge in [0, 0.05) is 0 Å². The molecule has 0 aliphatic heterocycles. The maximum Gasteiger partial charge on any atom is 0.322 e. The number of nitrogens with zero attached hydrogens (tertiary/aromatic N) is 2. The highest BCUT2D eigenvalue weighted by Gasteiger charge is 2.28. The number of hydrogen-bond donors (Lipinski definition) is 2. The summed E-state index contributed by atoms with van der Waals surface area (Å²) >= 11 is 0. The van der Waals surface area contributed by atoms with Crippen molar-refractivity contribution in [2.45, 2.75) is 46.1 Å². The van der Waals surface area contributed by atoms with Gasteiger partial charge in [0.15, 0.2) is 11.5 Å². The normalized spacial score (nSPS) is 11.7. The van der Waals surface area contributed by atoms with Crippen LogP contribution in [0.5, 0.6) is 11.5 Å². The van der Waals surface area contributed by atoms with E-state index in [-0.39, 0.29) is 17.1 Å². The van der Waals surface area contributed by atoms with Crippen LogP contribution in [0.15, 0.2) is 18.2 Å². The number of H-pyrrole nitrogens is 1. The summed E-state index contributed by atoms with van der Waals surface area (Å²) in [6.07, 6.45) is 3.18. The van der Waals surface area contributed by atoms with Crippen LogP contribution in [0.4, 0.5) is 5.69 Å². The number of unbranched alkanes of at least 4 members (excludes halogenated alkanes) is 2. The number of carbonyl (C=O) groups excluding carboxylic acids is 1. The molecule has 152 valence electrons. The number of methoxy groups -OCH3 is 1. The quantitative estimate of drug-likeness (QED) is 0.363. The molecule has 1 unspecified atom stereocenters. The van der Waals surface area contributed by atoms with Crippen LogP contribution in [0, 0.1) is 17.0 Å². The predicted molar refractivity (Wildman–Crippen MR) is 104 cm³/mol. The van der Waals surface area contributed by atoms with Crippen molar-refractivity contribution in [1.82, 2.24) is 15.5 Å². The van der Waals surface area contributed by atoms with E-state index in [0.29, 0.717) is 18.1 Å². The number of amides is 1.